The lowest BCUT2D eigenvalue weighted by atomic mass is 9.92. The first-order valence-electron chi connectivity index (χ1n) is 11.8. The molecule has 0 radical (unpaired) electrons. The quantitative estimate of drug-likeness (QED) is 0.258. The zero-order valence-electron chi connectivity index (χ0n) is 18.9. The van der Waals surface area contributed by atoms with Gasteiger partial charge < -0.3 is 15.3 Å². The van der Waals surface area contributed by atoms with E-state index in [1.165, 1.54) is 11.8 Å². The van der Waals surface area contributed by atoms with E-state index in [1.807, 2.05) is 24.3 Å². The number of carbonyl (C=O) groups excluding carboxylic acids is 1. The Morgan fingerprint density at radius 3 is 2.47 bits per heavy atom. The lowest BCUT2D eigenvalue weighted by Gasteiger charge is -2.22. The largest absolute Gasteiger partial charge is 0.481 e. The van der Waals surface area contributed by atoms with Crippen LogP contribution in [0.3, 0.4) is 0 Å². The molecule has 5 atom stereocenters. The molecule has 180 valence electrons. The topological polar surface area (TPSA) is 94.8 Å². The first kappa shape index (κ1) is 27.4. The SMILES string of the molecule is CCCCCC(O)CS[C@H]1C(O)CC(=O)[C@@H]1CCCCCC(C(=O)O)c1ccc(Br)cc1. The van der Waals surface area contributed by atoms with Crippen LogP contribution in [0.5, 0.6) is 0 Å². The van der Waals surface area contributed by atoms with Crippen molar-refractivity contribution in [2.75, 3.05) is 5.75 Å². The second-order valence-corrected chi connectivity index (χ2v) is 11.0. The number of carboxylic acid groups (broad SMARTS) is 1. The van der Waals surface area contributed by atoms with E-state index in [-0.39, 0.29) is 29.5 Å². The normalized spacial score (nSPS) is 22.8. The standard InChI is InChI=1S/C25H37BrO5S/c1-2-3-5-8-19(27)16-32-24-21(22(28)15-23(24)29)10-7-4-6-9-20(25(30)31)17-11-13-18(26)14-12-17/h11-14,19-21,23-24,27,29H,2-10,15-16H2,1H3,(H,30,31)/t19?,20?,21-,23?,24+/m0/s1. The molecule has 0 aromatic heterocycles. The highest BCUT2D eigenvalue weighted by molar-refractivity contribution is 9.10. The van der Waals surface area contributed by atoms with Crippen molar-refractivity contribution in [3.63, 3.8) is 0 Å². The van der Waals surface area contributed by atoms with E-state index in [9.17, 15) is 24.9 Å². The molecular formula is C25H37BrO5S. The van der Waals surface area contributed by atoms with Crippen molar-refractivity contribution in [3.8, 4) is 0 Å². The maximum absolute atomic E-state index is 12.4. The van der Waals surface area contributed by atoms with Crippen molar-refractivity contribution in [2.45, 2.75) is 94.5 Å². The van der Waals surface area contributed by atoms with E-state index in [4.69, 9.17) is 0 Å². The van der Waals surface area contributed by atoms with Gasteiger partial charge in [0, 0.05) is 27.8 Å². The number of carboxylic acids is 1. The van der Waals surface area contributed by atoms with Crippen molar-refractivity contribution < 1.29 is 24.9 Å². The number of hydrogen-bond donors (Lipinski definition) is 3. The molecule has 0 spiro atoms. The molecule has 1 aliphatic rings. The molecule has 1 fully saturated rings. The Bertz CT molecular complexity index is 711. The van der Waals surface area contributed by atoms with Gasteiger partial charge in [0.2, 0.25) is 0 Å². The first-order valence-corrected chi connectivity index (χ1v) is 13.7. The Hall–Kier alpha value is -0.890. The lowest BCUT2D eigenvalue weighted by molar-refractivity contribution is -0.139. The molecule has 0 bridgehead atoms. The molecule has 3 unspecified atom stereocenters. The summed E-state index contributed by atoms with van der Waals surface area (Å²) in [4.78, 5) is 24.1. The number of rotatable bonds is 15. The van der Waals surface area contributed by atoms with Crippen LogP contribution < -0.4 is 0 Å². The van der Waals surface area contributed by atoms with Gasteiger partial charge in [-0.3, -0.25) is 9.59 Å². The molecule has 32 heavy (non-hydrogen) atoms. The average Bonchev–Trinajstić information content (AvgIpc) is 3.02. The number of aliphatic hydroxyl groups excluding tert-OH is 2. The summed E-state index contributed by atoms with van der Waals surface area (Å²) < 4.78 is 0.926. The zero-order valence-corrected chi connectivity index (χ0v) is 21.3. The summed E-state index contributed by atoms with van der Waals surface area (Å²) in [6, 6.07) is 7.42. The van der Waals surface area contributed by atoms with Gasteiger partial charge in [0.05, 0.1) is 18.1 Å². The van der Waals surface area contributed by atoms with Gasteiger partial charge in [-0.1, -0.05) is 73.5 Å². The second-order valence-electron chi connectivity index (χ2n) is 8.87. The van der Waals surface area contributed by atoms with E-state index < -0.39 is 18.0 Å². The molecule has 0 aliphatic heterocycles. The number of thioether (sulfide) groups is 1. The number of carbonyl (C=O) groups is 2. The predicted molar refractivity (Wildman–Crippen MR) is 133 cm³/mol. The monoisotopic (exact) mass is 528 g/mol. The van der Waals surface area contributed by atoms with Crippen LogP contribution in [0.25, 0.3) is 0 Å². The fourth-order valence-electron chi connectivity index (χ4n) is 4.43. The maximum Gasteiger partial charge on any atom is 0.310 e. The summed E-state index contributed by atoms with van der Waals surface area (Å²) in [5, 5.41) is 30.0. The summed E-state index contributed by atoms with van der Waals surface area (Å²) in [5.74, 6) is -0.817. The summed E-state index contributed by atoms with van der Waals surface area (Å²) in [6.07, 6.45) is 6.96. The van der Waals surface area contributed by atoms with Gasteiger partial charge in [0.15, 0.2) is 0 Å². The molecular weight excluding hydrogens is 492 g/mol. The molecule has 5 nitrogen and oxygen atoms in total. The van der Waals surface area contributed by atoms with E-state index in [0.717, 1.165) is 61.4 Å². The van der Waals surface area contributed by atoms with Gasteiger partial charge in [0.25, 0.3) is 0 Å². The minimum atomic E-state index is -0.810. The number of aliphatic hydroxyl groups is 2. The van der Waals surface area contributed by atoms with Gasteiger partial charge in [-0.25, -0.2) is 0 Å². The molecule has 3 N–H and O–H groups in total. The molecule has 0 amide bonds. The minimum Gasteiger partial charge on any atom is -0.481 e. The highest BCUT2D eigenvalue weighted by Crippen LogP contribution is 2.37. The number of aliphatic carboxylic acids is 1. The number of Topliss-reactive ketones (excluding diaryl/α,β-unsaturated/α-hetero) is 1. The van der Waals surface area contributed by atoms with Crippen LogP contribution in [0.4, 0.5) is 0 Å². The maximum atomic E-state index is 12.4. The lowest BCUT2D eigenvalue weighted by Crippen LogP contribution is -2.26. The second kappa shape index (κ2) is 14.4. The van der Waals surface area contributed by atoms with Gasteiger partial charge >= 0.3 is 5.97 Å². The summed E-state index contributed by atoms with van der Waals surface area (Å²) in [5.41, 5.74) is 0.809. The molecule has 1 aromatic rings. The van der Waals surface area contributed by atoms with Crippen LogP contribution in [0.15, 0.2) is 28.7 Å². The van der Waals surface area contributed by atoms with Crippen LogP contribution in [0, 0.1) is 5.92 Å². The number of unbranched alkanes of at least 4 members (excludes halogenated alkanes) is 4. The fourth-order valence-corrected chi connectivity index (χ4v) is 6.14. The van der Waals surface area contributed by atoms with Crippen molar-refractivity contribution >= 4 is 39.4 Å². The zero-order chi connectivity index (χ0) is 23.5. The van der Waals surface area contributed by atoms with Crippen molar-refractivity contribution in [1.29, 1.82) is 0 Å². The molecule has 1 saturated carbocycles. The smallest absolute Gasteiger partial charge is 0.310 e. The van der Waals surface area contributed by atoms with E-state index in [1.54, 1.807) is 0 Å². The highest BCUT2D eigenvalue weighted by Gasteiger charge is 2.41. The molecule has 0 saturated heterocycles. The van der Waals surface area contributed by atoms with Gasteiger partial charge in [-0.15, -0.1) is 0 Å². The Morgan fingerprint density at radius 2 is 1.81 bits per heavy atom. The van der Waals surface area contributed by atoms with E-state index in [2.05, 4.69) is 22.9 Å². The Kier molecular flexibility index (Phi) is 12.3. The molecule has 7 heteroatoms. The summed E-state index contributed by atoms with van der Waals surface area (Å²) in [6.45, 7) is 2.13. The third kappa shape index (κ3) is 8.81. The van der Waals surface area contributed by atoms with Gasteiger partial charge in [0.1, 0.15) is 5.78 Å². The fraction of sp³-hybridized carbons (Fsp3) is 0.680. The third-order valence-electron chi connectivity index (χ3n) is 6.30. The van der Waals surface area contributed by atoms with Gasteiger partial charge in [-0.2, -0.15) is 11.8 Å². The Labute approximate surface area is 204 Å². The summed E-state index contributed by atoms with van der Waals surface area (Å²) >= 11 is 4.91. The molecule has 0 heterocycles. The molecule has 2 rings (SSSR count). The van der Waals surface area contributed by atoms with E-state index in [0.29, 0.717) is 12.2 Å². The van der Waals surface area contributed by atoms with Crippen molar-refractivity contribution in [1.82, 2.24) is 0 Å². The number of ketones is 1. The van der Waals surface area contributed by atoms with Crippen LogP contribution >= 0.6 is 27.7 Å². The van der Waals surface area contributed by atoms with Crippen LogP contribution in [0.1, 0.15) is 82.6 Å². The van der Waals surface area contributed by atoms with Crippen LogP contribution in [-0.2, 0) is 9.59 Å². The van der Waals surface area contributed by atoms with Crippen LogP contribution in [-0.4, -0.2) is 50.3 Å². The minimum absolute atomic E-state index is 0.119. The summed E-state index contributed by atoms with van der Waals surface area (Å²) in [7, 11) is 0. The van der Waals surface area contributed by atoms with Crippen LogP contribution in [0.2, 0.25) is 0 Å². The average molecular weight is 530 g/mol. The predicted octanol–water partition coefficient (Wildman–Crippen LogP) is 5.56. The van der Waals surface area contributed by atoms with E-state index >= 15 is 0 Å². The molecule has 1 aromatic carbocycles. The van der Waals surface area contributed by atoms with Crippen molar-refractivity contribution in [3.05, 3.63) is 34.3 Å². The van der Waals surface area contributed by atoms with Crippen molar-refractivity contribution in [2.24, 2.45) is 5.92 Å². The first-order chi connectivity index (χ1) is 15.3. The Morgan fingerprint density at radius 1 is 1.12 bits per heavy atom. The van der Waals surface area contributed by atoms with Gasteiger partial charge in [-0.05, 0) is 37.0 Å². The number of benzene rings is 1. The number of halogens is 1. The third-order valence-corrected chi connectivity index (χ3v) is 8.43. The highest BCUT2D eigenvalue weighted by atomic mass is 79.9. The number of hydrogen-bond acceptors (Lipinski definition) is 5. The Balaban J connectivity index is 1.76. The molecule has 1 aliphatic carbocycles.